The molecule has 2 unspecified atom stereocenters. The lowest BCUT2D eigenvalue weighted by atomic mass is 10.3. The van der Waals surface area contributed by atoms with Crippen molar-refractivity contribution in [2.75, 3.05) is 6.54 Å². The minimum absolute atomic E-state index is 0.880. The molecule has 2 nitrogen and oxygen atoms in total. The van der Waals surface area contributed by atoms with Gasteiger partial charge in [-0.05, 0) is 6.42 Å². The first kappa shape index (κ1) is 2.99. The first-order chi connectivity index (χ1) is 2.97. The molecule has 0 spiro atoms. The molecule has 0 aromatic rings. The van der Waals surface area contributed by atoms with Gasteiger partial charge < -0.3 is 0 Å². The number of rotatable bonds is 0. The fraction of sp³-hybridized carbons (Fsp3) is 0.750. The van der Waals surface area contributed by atoms with Gasteiger partial charge in [-0.15, -0.1) is 0 Å². The topological polar surface area (TPSA) is 15.0 Å². The van der Waals surface area contributed by atoms with Crippen LogP contribution in [0.4, 0.5) is 0 Å². The molecule has 2 atom stereocenters. The summed E-state index contributed by atoms with van der Waals surface area (Å²) in [6.45, 7) is 3.38. The van der Waals surface area contributed by atoms with Crippen LogP contribution in [0.3, 0.4) is 0 Å². The summed E-state index contributed by atoms with van der Waals surface area (Å²) in [5, 5.41) is 2.22. The van der Waals surface area contributed by atoms with E-state index in [-0.39, 0.29) is 0 Å². The van der Waals surface area contributed by atoms with Crippen molar-refractivity contribution in [1.82, 2.24) is 10.4 Å². The largest absolute Gasteiger partial charge is 0.250 e. The second kappa shape index (κ2) is 0.768. The molecule has 1 N–H and O–H groups in total. The van der Waals surface area contributed by atoms with Gasteiger partial charge in [0, 0.05) is 19.1 Å². The molecule has 0 aliphatic carbocycles. The molecule has 33 valence electrons. The Balaban J connectivity index is 2.09. The van der Waals surface area contributed by atoms with Crippen LogP contribution in [-0.4, -0.2) is 17.6 Å². The first-order valence-corrected chi connectivity index (χ1v) is 2.31. The third-order valence-corrected chi connectivity index (χ3v) is 1.36. The molecule has 2 aliphatic rings. The van der Waals surface area contributed by atoms with E-state index in [0.29, 0.717) is 0 Å². The Morgan fingerprint density at radius 1 is 1.83 bits per heavy atom. The highest BCUT2D eigenvalue weighted by Gasteiger charge is 2.37. The van der Waals surface area contributed by atoms with Crippen LogP contribution >= 0.6 is 0 Å². The number of nitrogens with one attached hydrogen (secondary N) is 1. The third-order valence-electron chi connectivity index (χ3n) is 1.36. The second-order valence-electron chi connectivity index (χ2n) is 1.88. The minimum atomic E-state index is 0.880. The van der Waals surface area contributed by atoms with E-state index in [9.17, 15) is 0 Å². The lowest BCUT2D eigenvalue weighted by Crippen LogP contribution is -2.10. The van der Waals surface area contributed by atoms with Crippen molar-refractivity contribution in [3.05, 3.63) is 6.54 Å². The van der Waals surface area contributed by atoms with Crippen LogP contribution in [-0.2, 0) is 0 Å². The van der Waals surface area contributed by atoms with Crippen molar-refractivity contribution >= 4 is 0 Å². The van der Waals surface area contributed by atoms with Crippen LogP contribution in [0.5, 0.6) is 0 Å². The molecule has 0 saturated carbocycles. The van der Waals surface area contributed by atoms with E-state index < -0.39 is 0 Å². The third kappa shape index (κ3) is 0.235. The lowest BCUT2D eigenvalue weighted by Gasteiger charge is -1.88. The molecular weight excluding hydrogens is 76.1 g/mol. The predicted molar refractivity (Wildman–Crippen MR) is 22.5 cm³/mol. The monoisotopic (exact) mass is 83.1 g/mol. The zero-order valence-corrected chi connectivity index (χ0v) is 3.52. The molecule has 0 aromatic carbocycles. The van der Waals surface area contributed by atoms with E-state index in [4.69, 9.17) is 0 Å². The maximum atomic E-state index is 3.10. The summed E-state index contributed by atoms with van der Waals surface area (Å²) in [4.78, 5) is 0. The summed E-state index contributed by atoms with van der Waals surface area (Å²) in [5.74, 6) is 0. The average molecular weight is 83.1 g/mol. The summed E-state index contributed by atoms with van der Waals surface area (Å²) in [6, 6.07) is 0.880. The standard InChI is InChI=1S/C4H7N2/c1-2-5-6-3-4(1)6/h2,4-5H,1,3H2. The van der Waals surface area contributed by atoms with Crippen LogP contribution in [0.1, 0.15) is 6.42 Å². The average Bonchev–Trinajstić information content (AvgIpc) is 2.17. The molecule has 2 aliphatic heterocycles. The number of hydrazine groups is 1. The van der Waals surface area contributed by atoms with Gasteiger partial charge in [0.2, 0.25) is 0 Å². The lowest BCUT2D eigenvalue weighted by molar-refractivity contribution is 0.477. The molecule has 2 heteroatoms. The van der Waals surface area contributed by atoms with Crippen LogP contribution in [0.2, 0.25) is 0 Å². The van der Waals surface area contributed by atoms with Gasteiger partial charge in [-0.2, -0.15) is 0 Å². The van der Waals surface area contributed by atoms with Crippen molar-refractivity contribution in [1.29, 1.82) is 0 Å². The molecule has 0 aromatic heterocycles. The predicted octanol–water partition coefficient (Wildman–Crippen LogP) is -0.259. The number of fused-ring (bicyclic) bond motifs is 1. The number of nitrogens with zero attached hydrogens (tertiary/aromatic N) is 1. The van der Waals surface area contributed by atoms with E-state index in [1.54, 1.807) is 0 Å². The van der Waals surface area contributed by atoms with Crippen molar-refractivity contribution in [2.45, 2.75) is 12.5 Å². The summed E-state index contributed by atoms with van der Waals surface area (Å²) in [7, 11) is 0. The van der Waals surface area contributed by atoms with Crippen molar-refractivity contribution in [3.8, 4) is 0 Å². The maximum absolute atomic E-state index is 3.10. The highest BCUT2D eigenvalue weighted by Crippen LogP contribution is 2.23. The number of hydrogen-bond acceptors (Lipinski definition) is 2. The van der Waals surface area contributed by atoms with Gasteiger partial charge in [-0.1, -0.05) is 0 Å². The molecule has 2 heterocycles. The Labute approximate surface area is 37.1 Å². The molecule has 1 radical (unpaired) electrons. The highest BCUT2D eigenvalue weighted by molar-refractivity contribution is 4.96. The Hall–Kier alpha value is -0.0800. The van der Waals surface area contributed by atoms with Crippen LogP contribution in [0.25, 0.3) is 0 Å². The highest BCUT2D eigenvalue weighted by atomic mass is 15.6. The summed E-state index contributed by atoms with van der Waals surface area (Å²) in [6.07, 6.45) is 1.25. The van der Waals surface area contributed by atoms with Crippen molar-refractivity contribution in [3.63, 3.8) is 0 Å². The molecule has 0 amide bonds. The van der Waals surface area contributed by atoms with Crippen LogP contribution < -0.4 is 5.43 Å². The fourth-order valence-electron chi connectivity index (χ4n) is 0.846. The van der Waals surface area contributed by atoms with Crippen LogP contribution in [0, 0.1) is 6.54 Å². The van der Waals surface area contributed by atoms with Crippen LogP contribution in [0.15, 0.2) is 0 Å². The van der Waals surface area contributed by atoms with E-state index in [2.05, 4.69) is 17.0 Å². The number of hydrogen-bond donors (Lipinski definition) is 1. The fourth-order valence-corrected chi connectivity index (χ4v) is 0.846. The van der Waals surface area contributed by atoms with E-state index >= 15 is 0 Å². The summed E-state index contributed by atoms with van der Waals surface area (Å²) >= 11 is 0. The van der Waals surface area contributed by atoms with Crippen molar-refractivity contribution < 1.29 is 0 Å². The molecule has 0 bridgehead atoms. The quantitative estimate of drug-likeness (QED) is 0.406. The van der Waals surface area contributed by atoms with E-state index in [1.807, 2.05) is 0 Å². The molecular formula is C4H7N2. The Morgan fingerprint density at radius 2 is 2.83 bits per heavy atom. The molecule has 2 fully saturated rings. The maximum Gasteiger partial charge on any atom is 0.0401 e. The van der Waals surface area contributed by atoms with Crippen molar-refractivity contribution in [2.24, 2.45) is 0 Å². The Kier molecular flexibility index (Phi) is 0.383. The van der Waals surface area contributed by atoms with Gasteiger partial charge >= 0.3 is 0 Å². The normalized spacial score (nSPS) is 52.0. The molecule has 2 rings (SSSR count). The van der Waals surface area contributed by atoms with Gasteiger partial charge in [0.1, 0.15) is 0 Å². The van der Waals surface area contributed by atoms with E-state index in [0.717, 1.165) is 6.04 Å². The SMILES string of the molecule is [CH]1CC2CN2N1. The zero-order valence-electron chi connectivity index (χ0n) is 3.52. The van der Waals surface area contributed by atoms with Gasteiger partial charge in [0.25, 0.3) is 0 Å². The minimum Gasteiger partial charge on any atom is -0.250 e. The molecule has 6 heavy (non-hydrogen) atoms. The first-order valence-electron chi connectivity index (χ1n) is 2.31. The molecule has 2 saturated heterocycles. The van der Waals surface area contributed by atoms with Gasteiger partial charge in [0.15, 0.2) is 0 Å². The summed E-state index contributed by atoms with van der Waals surface area (Å²) < 4.78 is 0. The van der Waals surface area contributed by atoms with E-state index in [1.165, 1.54) is 13.0 Å². The van der Waals surface area contributed by atoms with Gasteiger partial charge in [0.05, 0.1) is 0 Å². The second-order valence-corrected chi connectivity index (χ2v) is 1.88. The Bertz CT molecular complexity index is 63.9. The smallest absolute Gasteiger partial charge is 0.0401 e. The Morgan fingerprint density at radius 3 is 3.00 bits per heavy atom. The van der Waals surface area contributed by atoms with Gasteiger partial charge in [-0.25, -0.2) is 5.01 Å². The van der Waals surface area contributed by atoms with Gasteiger partial charge in [-0.3, -0.25) is 5.43 Å². The zero-order chi connectivity index (χ0) is 3.98. The summed E-state index contributed by atoms with van der Waals surface area (Å²) in [5.41, 5.74) is 3.10.